The molecular weight excluding hydrogens is 572 g/mol. The van der Waals surface area contributed by atoms with E-state index in [1.807, 2.05) is 0 Å². The van der Waals surface area contributed by atoms with E-state index in [-0.39, 0.29) is 14.9 Å². The van der Waals surface area contributed by atoms with Gasteiger partial charge in [0.2, 0.25) is 0 Å². The highest BCUT2D eigenvalue weighted by Gasteiger charge is 2.16. The van der Waals surface area contributed by atoms with Crippen LogP contribution in [0.1, 0.15) is 69.2 Å². The molecule has 0 atom stereocenters. The van der Waals surface area contributed by atoms with Crippen molar-refractivity contribution in [3.63, 3.8) is 0 Å². The first kappa shape index (κ1) is 37.8. The third-order valence-corrected chi connectivity index (χ3v) is 8.05. The standard InChI is InChI=1S/C34H50N10.2CH4/c1-7-39(31-19-15-29(16-20-31)35-37-33-41(9-3)25-26-42(33)10-4)23-13-14-24-40(8-2)32-21-17-30(18-22-32)36-38-34-43(11-5)27-28-44(34)12-6;;/h15-22,25-28H,7-14,23-24H2,1-6H3;2*1H4/q+2;;. The van der Waals surface area contributed by atoms with Crippen LogP contribution in [0.2, 0.25) is 0 Å². The molecular formula is C36H58N10+2. The van der Waals surface area contributed by atoms with Crippen molar-refractivity contribution in [2.45, 2.75) is 95.4 Å². The number of anilines is 2. The highest BCUT2D eigenvalue weighted by molar-refractivity contribution is 5.53. The van der Waals surface area contributed by atoms with Crippen molar-refractivity contribution in [2.24, 2.45) is 20.5 Å². The van der Waals surface area contributed by atoms with Crippen LogP contribution in [-0.2, 0) is 26.2 Å². The predicted molar refractivity (Wildman–Crippen MR) is 192 cm³/mol. The molecule has 10 nitrogen and oxygen atoms in total. The molecule has 0 aliphatic rings. The van der Waals surface area contributed by atoms with Crippen molar-refractivity contribution < 1.29 is 9.13 Å². The van der Waals surface area contributed by atoms with Crippen molar-refractivity contribution in [3.8, 4) is 0 Å². The number of unbranched alkanes of at least 4 members (excludes halogenated alkanes) is 1. The molecule has 10 heteroatoms. The first-order valence-corrected chi connectivity index (χ1v) is 16.3. The number of nitrogens with zero attached hydrogens (tertiary/aromatic N) is 10. The fourth-order valence-electron chi connectivity index (χ4n) is 5.35. The zero-order chi connectivity index (χ0) is 31.3. The minimum Gasteiger partial charge on any atom is -0.372 e. The largest absolute Gasteiger partial charge is 0.421 e. The molecule has 0 radical (unpaired) electrons. The first-order valence-electron chi connectivity index (χ1n) is 16.3. The molecule has 0 aliphatic carbocycles. The van der Waals surface area contributed by atoms with Crippen molar-refractivity contribution in [3.05, 3.63) is 73.3 Å². The van der Waals surface area contributed by atoms with Gasteiger partial charge in [-0.3, -0.25) is 0 Å². The van der Waals surface area contributed by atoms with Gasteiger partial charge in [0.1, 0.15) is 11.4 Å². The summed E-state index contributed by atoms with van der Waals surface area (Å²) >= 11 is 0. The fourth-order valence-corrected chi connectivity index (χ4v) is 5.35. The molecule has 0 aliphatic heterocycles. The van der Waals surface area contributed by atoms with Crippen LogP contribution in [0.4, 0.5) is 34.6 Å². The monoisotopic (exact) mass is 630 g/mol. The number of benzene rings is 2. The topological polar surface area (TPSA) is 73.5 Å². The zero-order valence-electron chi connectivity index (χ0n) is 27.5. The maximum absolute atomic E-state index is 4.54. The molecule has 2 aromatic carbocycles. The summed E-state index contributed by atoms with van der Waals surface area (Å²) in [6.45, 7) is 20.4. The minimum atomic E-state index is 0. The second-order valence-corrected chi connectivity index (χ2v) is 10.6. The summed E-state index contributed by atoms with van der Waals surface area (Å²) in [6.07, 6.45) is 10.5. The maximum atomic E-state index is 4.54. The van der Waals surface area contributed by atoms with Gasteiger partial charge >= 0.3 is 11.9 Å². The molecule has 2 heterocycles. The number of azo groups is 2. The van der Waals surface area contributed by atoms with Crippen LogP contribution in [0.25, 0.3) is 0 Å². The van der Waals surface area contributed by atoms with Gasteiger partial charge < -0.3 is 9.80 Å². The Morgan fingerprint density at radius 2 is 0.913 bits per heavy atom. The van der Waals surface area contributed by atoms with E-state index in [4.69, 9.17) is 0 Å². The number of hydrogen-bond acceptors (Lipinski definition) is 6. The van der Waals surface area contributed by atoms with Crippen LogP contribution in [0, 0.1) is 0 Å². The zero-order valence-corrected chi connectivity index (χ0v) is 27.5. The van der Waals surface area contributed by atoms with Crippen LogP contribution in [0.5, 0.6) is 0 Å². The van der Waals surface area contributed by atoms with E-state index in [0.29, 0.717) is 0 Å². The van der Waals surface area contributed by atoms with Gasteiger partial charge in [-0.05, 0) is 103 Å². The van der Waals surface area contributed by atoms with Gasteiger partial charge in [0.25, 0.3) is 0 Å². The summed E-state index contributed by atoms with van der Waals surface area (Å²) in [7, 11) is 0. The lowest BCUT2D eigenvalue weighted by molar-refractivity contribution is -0.680. The number of hydrogen-bond donors (Lipinski definition) is 0. The van der Waals surface area contributed by atoms with Gasteiger partial charge in [-0.2, -0.15) is 0 Å². The second kappa shape index (κ2) is 19.2. The molecule has 0 N–H and O–H groups in total. The van der Waals surface area contributed by atoms with Crippen LogP contribution < -0.4 is 18.9 Å². The second-order valence-electron chi connectivity index (χ2n) is 10.6. The summed E-state index contributed by atoms with van der Waals surface area (Å²) < 4.78 is 8.43. The smallest absolute Gasteiger partial charge is 0.372 e. The van der Waals surface area contributed by atoms with E-state index >= 15 is 0 Å². The SMILES string of the molecule is C.C.CCN(CCCCN(CC)c1ccc(N=Nc2n(CC)cc[n+]2CC)cc1)c1ccc(N=Nc2n(CC)cc[n+]2CC)cc1. The Balaban J connectivity index is 0.00000368. The number of aromatic nitrogens is 4. The molecule has 2 aromatic heterocycles. The Labute approximate surface area is 277 Å². The molecule has 0 saturated carbocycles. The minimum absolute atomic E-state index is 0. The van der Waals surface area contributed by atoms with Crippen LogP contribution in [0.3, 0.4) is 0 Å². The van der Waals surface area contributed by atoms with Crippen molar-refractivity contribution >= 4 is 34.6 Å². The quantitative estimate of drug-likeness (QED) is 0.0663. The average molecular weight is 631 g/mol. The summed E-state index contributed by atoms with van der Waals surface area (Å²) in [4.78, 5) is 4.86. The summed E-state index contributed by atoms with van der Waals surface area (Å²) in [5.41, 5.74) is 4.17. The highest BCUT2D eigenvalue weighted by atomic mass is 15.3. The molecule has 0 spiro atoms. The molecule has 0 bridgehead atoms. The van der Waals surface area contributed by atoms with E-state index < -0.39 is 0 Å². The summed E-state index contributed by atoms with van der Waals surface area (Å²) in [5.74, 6) is 1.75. The predicted octanol–water partition coefficient (Wildman–Crippen LogP) is 9.18. The molecule has 4 aromatic rings. The first-order chi connectivity index (χ1) is 21.5. The highest BCUT2D eigenvalue weighted by Crippen LogP contribution is 2.24. The Hall–Kier alpha value is -4.34. The number of aryl methyl sites for hydroxylation is 4. The van der Waals surface area contributed by atoms with Crippen molar-refractivity contribution in [2.75, 3.05) is 36.0 Å². The maximum Gasteiger partial charge on any atom is 0.421 e. The molecule has 250 valence electrons. The summed E-state index contributed by atoms with van der Waals surface area (Å²) in [6, 6.07) is 16.9. The molecule has 0 amide bonds. The molecule has 46 heavy (non-hydrogen) atoms. The van der Waals surface area contributed by atoms with Gasteiger partial charge in [-0.1, -0.05) is 25.1 Å². The lowest BCUT2D eigenvalue weighted by atomic mass is 10.2. The third-order valence-electron chi connectivity index (χ3n) is 8.05. The van der Waals surface area contributed by atoms with Gasteiger partial charge in [0, 0.05) is 47.8 Å². The van der Waals surface area contributed by atoms with Crippen molar-refractivity contribution in [1.29, 1.82) is 0 Å². The van der Waals surface area contributed by atoms with Gasteiger partial charge in [-0.25, -0.2) is 18.3 Å². The average Bonchev–Trinajstić information content (AvgIpc) is 3.67. The normalized spacial score (nSPS) is 11.2. The molecule has 0 fully saturated rings. The molecule has 0 saturated heterocycles. The van der Waals surface area contributed by atoms with Crippen LogP contribution >= 0.6 is 0 Å². The molecule has 0 unspecified atom stereocenters. The third kappa shape index (κ3) is 9.58. The molecule has 4 rings (SSSR count). The Bertz CT molecular complexity index is 1330. The lowest BCUT2D eigenvalue weighted by Gasteiger charge is -2.26. The Kier molecular flexibility index (Phi) is 15.8. The van der Waals surface area contributed by atoms with Crippen LogP contribution in [-0.4, -0.2) is 35.3 Å². The summed E-state index contributed by atoms with van der Waals surface area (Å²) in [5, 5.41) is 18.1. The Morgan fingerprint density at radius 1 is 0.543 bits per heavy atom. The van der Waals surface area contributed by atoms with E-state index in [9.17, 15) is 0 Å². The lowest BCUT2D eigenvalue weighted by Crippen LogP contribution is -2.30. The van der Waals surface area contributed by atoms with Crippen molar-refractivity contribution in [1.82, 2.24) is 9.13 Å². The number of imidazole rings is 2. The Morgan fingerprint density at radius 3 is 1.22 bits per heavy atom. The van der Waals surface area contributed by atoms with Gasteiger partial charge in [0.05, 0.1) is 51.0 Å². The van der Waals surface area contributed by atoms with E-state index in [1.165, 1.54) is 11.4 Å². The van der Waals surface area contributed by atoms with Gasteiger partial charge in [0.15, 0.2) is 0 Å². The number of rotatable bonds is 17. The fraction of sp³-hybridized carbons (Fsp3) is 0.500. The van der Waals surface area contributed by atoms with Crippen LogP contribution in [0.15, 0.2) is 93.8 Å². The van der Waals surface area contributed by atoms with E-state index in [2.05, 4.69) is 163 Å². The van der Waals surface area contributed by atoms with E-state index in [0.717, 1.165) is 88.5 Å². The van der Waals surface area contributed by atoms with E-state index in [1.54, 1.807) is 0 Å². The van der Waals surface area contributed by atoms with Gasteiger partial charge in [-0.15, -0.1) is 0 Å².